The quantitative estimate of drug-likeness (QED) is 0.638. The Hall–Kier alpha value is -2.50. The highest BCUT2D eigenvalue weighted by Gasteiger charge is 2.34. The van der Waals surface area contributed by atoms with Crippen molar-refractivity contribution in [3.63, 3.8) is 0 Å². The summed E-state index contributed by atoms with van der Waals surface area (Å²) in [7, 11) is -1.90. The normalized spacial score (nSPS) is 20.8. The Morgan fingerprint density at radius 3 is 2.24 bits per heavy atom. The number of hydrogen-bond acceptors (Lipinski definition) is 6. The van der Waals surface area contributed by atoms with Gasteiger partial charge < -0.3 is 9.64 Å². The number of aromatic nitrogens is 3. The molecule has 10 nitrogen and oxygen atoms in total. The molecule has 33 heavy (non-hydrogen) atoms. The van der Waals surface area contributed by atoms with Crippen molar-refractivity contribution in [1.29, 1.82) is 0 Å². The van der Waals surface area contributed by atoms with Crippen molar-refractivity contribution in [3.8, 4) is 0 Å². The Morgan fingerprint density at radius 1 is 1.00 bits per heavy atom. The minimum Gasteiger partial charge on any atom is -0.379 e. The highest BCUT2D eigenvalue weighted by atomic mass is 32.2. The summed E-state index contributed by atoms with van der Waals surface area (Å²) in [5.74, 6) is 0.892. The van der Waals surface area contributed by atoms with Gasteiger partial charge >= 0.3 is 5.69 Å². The molecule has 11 heteroatoms. The second-order valence-corrected chi connectivity index (χ2v) is 10.9. The van der Waals surface area contributed by atoms with E-state index >= 15 is 0 Å². The van der Waals surface area contributed by atoms with E-state index in [0.717, 1.165) is 31.5 Å². The molecule has 5 rings (SSSR count). The molecule has 3 heterocycles. The molecule has 0 spiro atoms. The van der Waals surface area contributed by atoms with Crippen LogP contribution in [0.5, 0.6) is 0 Å². The van der Waals surface area contributed by atoms with Gasteiger partial charge in [0.2, 0.25) is 10.0 Å². The number of sulfonamides is 1. The Labute approximate surface area is 192 Å². The first-order chi connectivity index (χ1) is 15.9. The number of ether oxygens (including phenoxy) is 1. The molecule has 1 aromatic carbocycles. The highest BCUT2D eigenvalue weighted by molar-refractivity contribution is 7.89. The zero-order valence-corrected chi connectivity index (χ0v) is 19.5. The first kappa shape index (κ1) is 22.3. The number of piperidine rings is 1. The van der Waals surface area contributed by atoms with Crippen LogP contribution in [-0.2, 0) is 21.8 Å². The number of likely N-dealkylation sites (tertiary alicyclic amines) is 1. The highest BCUT2D eigenvalue weighted by Crippen LogP contribution is 2.37. The van der Waals surface area contributed by atoms with Crippen LogP contribution in [0.2, 0.25) is 0 Å². The monoisotopic (exact) mass is 475 g/mol. The minimum absolute atomic E-state index is 0.0573. The van der Waals surface area contributed by atoms with Crippen molar-refractivity contribution in [3.05, 3.63) is 46.1 Å². The van der Waals surface area contributed by atoms with Crippen molar-refractivity contribution in [2.45, 2.75) is 42.5 Å². The van der Waals surface area contributed by atoms with Crippen LogP contribution in [0.15, 0.2) is 34.0 Å². The van der Waals surface area contributed by atoms with Gasteiger partial charge in [-0.2, -0.15) is 9.40 Å². The Morgan fingerprint density at radius 2 is 1.64 bits per heavy atom. The summed E-state index contributed by atoms with van der Waals surface area (Å²) >= 11 is 0. The molecule has 1 amide bonds. The van der Waals surface area contributed by atoms with Gasteiger partial charge in [-0.15, -0.1) is 0 Å². The zero-order chi connectivity index (χ0) is 23.2. The average molecular weight is 476 g/mol. The van der Waals surface area contributed by atoms with Gasteiger partial charge in [0.1, 0.15) is 5.82 Å². The molecule has 0 atom stereocenters. The van der Waals surface area contributed by atoms with E-state index in [1.807, 2.05) is 4.57 Å². The SMILES string of the molecule is Cn1nc(C2CCN(C(=O)c3ccc(S(=O)(=O)N4CCOCC4)cc3)CC2)n(C2CC2)c1=O. The lowest BCUT2D eigenvalue weighted by Gasteiger charge is -2.31. The fourth-order valence-electron chi connectivity index (χ4n) is 4.68. The van der Waals surface area contributed by atoms with E-state index in [9.17, 15) is 18.0 Å². The van der Waals surface area contributed by atoms with Gasteiger partial charge in [-0.3, -0.25) is 9.36 Å². The number of amides is 1. The lowest BCUT2D eigenvalue weighted by atomic mass is 9.95. The predicted molar refractivity (Wildman–Crippen MR) is 120 cm³/mol. The topological polar surface area (TPSA) is 107 Å². The molecular formula is C22H29N5O5S. The summed E-state index contributed by atoms with van der Waals surface area (Å²) in [4.78, 5) is 27.4. The van der Waals surface area contributed by atoms with Crippen molar-refractivity contribution in [2.24, 2.45) is 7.05 Å². The van der Waals surface area contributed by atoms with Crippen LogP contribution in [0, 0.1) is 0 Å². The molecular weight excluding hydrogens is 446 g/mol. The van der Waals surface area contributed by atoms with Crippen LogP contribution in [0.3, 0.4) is 0 Å². The van der Waals surface area contributed by atoms with E-state index in [-0.39, 0.29) is 28.5 Å². The van der Waals surface area contributed by atoms with Crippen molar-refractivity contribution in [2.75, 3.05) is 39.4 Å². The van der Waals surface area contributed by atoms with Crippen LogP contribution < -0.4 is 5.69 Å². The average Bonchev–Trinajstić information content (AvgIpc) is 3.64. The zero-order valence-electron chi connectivity index (χ0n) is 18.7. The van der Waals surface area contributed by atoms with E-state index in [1.54, 1.807) is 24.1 Å². The van der Waals surface area contributed by atoms with Crippen LogP contribution in [-0.4, -0.2) is 77.3 Å². The number of nitrogens with zero attached hydrogens (tertiary/aromatic N) is 5. The molecule has 0 bridgehead atoms. The number of carbonyl (C=O) groups excluding carboxylic acids is 1. The summed E-state index contributed by atoms with van der Waals surface area (Å²) in [6.07, 6.45) is 3.54. The molecule has 1 aromatic heterocycles. The number of aryl methyl sites for hydroxylation is 1. The van der Waals surface area contributed by atoms with E-state index in [0.29, 0.717) is 45.0 Å². The Balaban J connectivity index is 1.24. The standard InChI is InChI=1S/C22H29N5O5S/c1-24-22(29)27(18-4-5-18)20(23-24)16-8-10-25(11-9-16)21(28)17-2-6-19(7-3-17)33(30,31)26-12-14-32-15-13-26/h2-3,6-7,16,18H,4-5,8-15H2,1H3. The fourth-order valence-corrected chi connectivity index (χ4v) is 6.09. The van der Waals surface area contributed by atoms with E-state index in [1.165, 1.54) is 21.1 Å². The maximum atomic E-state index is 13.0. The lowest BCUT2D eigenvalue weighted by molar-refractivity contribution is 0.0710. The summed E-state index contributed by atoms with van der Waals surface area (Å²) in [5, 5.41) is 4.49. The molecule has 3 fully saturated rings. The van der Waals surface area contributed by atoms with Gasteiger partial charge in [0.25, 0.3) is 5.91 Å². The first-order valence-electron chi connectivity index (χ1n) is 11.5. The van der Waals surface area contributed by atoms with E-state index in [4.69, 9.17) is 4.74 Å². The number of morpholine rings is 1. The molecule has 1 saturated carbocycles. The number of carbonyl (C=O) groups is 1. The summed E-state index contributed by atoms with van der Waals surface area (Å²) < 4.78 is 35.5. The van der Waals surface area contributed by atoms with Gasteiger partial charge in [0, 0.05) is 50.7 Å². The third-order valence-electron chi connectivity index (χ3n) is 6.75. The molecule has 0 N–H and O–H groups in total. The molecule has 2 aliphatic heterocycles. The van der Waals surface area contributed by atoms with Crippen LogP contribution >= 0.6 is 0 Å². The maximum Gasteiger partial charge on any atom is 0.345 e. The van der Waals surface area contributed by atoms with Gasteiger partial charge in [0.15, 0.2) is 0 Å². The van der Waals surface area contributed by atoms with E-state index in [2.05, 4.69) is 5.10 Å². The number of benzene rings is 1. The van der Waals surface area contributed by atoms with Gasteiger partial charge in [-0.05, 0) is 49.9 Å². The molecule has 0 unspecified atom stereocenters. The molecule has 1 aliphatic carbocycles. The molecule has 0 radical (unpaired) electrons. The third-order valence-corrected chi connectivity index (χ3v) is 8.66. The first-order valence-corrected chi connectivity index (χ1v) is 12.9. The van der Waals surface area contributed by atoms with E-state index < -0.39 is 10.0 Å². The third kappa shape index (κ3) is 4.24. The lowest BCUT2D eigenvalue weighted by Crippen LogP contribution is -2.40. The van der Waals surface area contributed by atoms with Gasteiger partial charge in [-0.25, -0.2) is 17.9 Å². The van der Waals surface area contributed by atoms with Crippen LogP contribution in [0.1, 0.15) is 53.8 Å². The predicted octanol–water partition coefficient (Wildman–Crippen LogP) is 0.957. The summed E-state index contributed by atoms with van der Waals surface area (Å²) in [6.45, 7) is 2.60. The Bertz CT molecular complexity index is 1180. The molecule has 3 aliphatic rings. The largest absolute Gasteiger partial charge is 0.379 e. The van der Waals surface area contributed by atoms with Crippen molar-refractivity contribution >= 4 is 15.9 Å². The van der Waals surface area contributed by atoms with Crippen molar-refractivity contribution in [1.82, 2.24) is 23.6 Å². The summed E-state index contributed by atoms with van der Waals surface area (Å²) in [5.41, 5.74) is 0.417. The van der Waals surface area contributed by atoms with Crippen LogP contribution in [0.25, 0.3) is 0 Å². The molecule has 2 aromatic rings. The smallest absolute Gasteiger partial charge is 0.345 e. The summed E-state index contributed by atoms with van der Waals surface area (Å²) in [6, 6.07) is 6.46. The molecule has 178 valence electrons. The van der Waals surface area contributed by atoms with Crippen molar-refractivity contribution < 1.29 is 17.9 Å². The second kappa shape index (κ2) is 8.69. The fraction of sp³-hybridized carbons (Fsp3) is 0.591. The second-order valence-electron chi connectivity index (χ2n) is 8.97. The number of rotatable bonds is 5. The Kier molecular flexibility index (Phi) is 5.87. The minimum atomic E-state index is -3.58. The number of hydrogen-bond donors (Lipinski definition) is 0. The van der Waals surface area contributed by atoms with Gasteiger partial charge in [0.05, 0.1) is 18.1 Å². The van der Waals surface area contributed by atoms with Crippen LogP contribution in [0.4, 0.5) is 0 Å². The van der Waals surface area contributed by atoms with Gasteiger partial charge in [-0.1, -0.05) is 0 Å². The maximum absolute atomic E-state index is 13.0. The molecule has 2 saturated heterocycles.